The van der Waals surface area contributed by atoms with Crippen LogP contribution < -0.4 is 5.32 Å². The first-order valence-corrected chi connectivity index (χ1v) is 6.48. The highest BCUT2D eigenvalue weighted by atomic mass is 19.2. The van der Waals surface area contributed by atoms with Gasteiger partial charge < -0.3 is 5.32 Å². The van der Waals surface area contributed by atoms with Gasteiger partial charge in [-0.1, -0.05) is 12.5 Å². The SMILES string of the molecule is C=C(C)CCC(NCCC)c1cc(F)c(F)c(F)c1. The monoisotopic (exact) mass is 271 g/mol. The Morgan fingerprint density at radius 2 is 1.84 bits per heavy atom. The van der Waals surface area contributed by atoms with E-state index in [2.05, 4.69) is 11.9 Å². The van der Waals surface area contributed by atoms with Crippen LogP contribution >= 0.6 is 0 Å². The molecule has 106 valence electrons. The zero-order chi connectivity index (χ0) is 14.4. The maximum absolute atomic E-state index is 13.3. The number of hydrogen-bond donors (Lipinski definition) is 1. The first-order chi connectivity index (χ1) is 8.95. The number of allylic oxidation sites excluding steroid dienone is 1. The van der Waals surface area contributed by atoms with Crippen molar-refractivity contribution in [1.82, 2.24) is 5.32 Å². The molecule has 1 rings (SSSR count). The lowest BCUT2D eigenvalue weighted by atomic mass is 9.99. The van der Waals surface area contributed by atoms with E-state index in [-0.39, 0.29) is 6.04 Å². The summed E-state index contributed by atoms with van der Waals surface area (Å²) in [5.74, 6) is -3.71. The maximum Gasteiger partial charge on any atom is 0.194 e. The highest BCUT2D eigenvalue weighted by molar-refractivity contribution is 5.23. The third kappa shape index (κ3) is 4.71. The van der Waals surface area contributed by atoms with Crippen molar-refractivity contribution in [3.05, 3.63) is 47.3 Å². The van der Waals surface area contributed by atoms with E-state index >= 15 is 0 Å². The smallest absolute Gasteiger partial charge is 0.194 e. The molecule has 4 heteroatoms. The molecule has 0 fully saturated rings. The Hall–Kier alpha value is -1.29. The molecular weight excluding hydrogens is 251 g/mol. The van der Waals surface area contributed by atoms with E-state index in [1.165, 1.54) is 0 Å². The highest BCUT2D eigenvalue weighted by Crippen LogP contribution is 2.24. The Balaban J connectivity index is 2.92. The predicted octanol–water partition coefficient (Wildman–Crippen LogP) is 4.50. The zero-order valence-electron chi connectivity index (χ0n) is 11.4. The molecule has 0 saturated heterocycles. The normalized spacial score (nSPS) is 12.5. The van der Waals surface area contributed by atoms with E-state index in [4.69, 9.17) is 0 Å². The summed E-state index contributed by atoms with van der Waals surface area (Å²) in [6, 6.07) is 1.93. The van der Waals surface area contributed by atoms with Gasteiger partial charge in [0.05, 0.1) is 0 Å². The fourth-order valence-corrected chi connectivity index (χ4v) is 1.87. The van der Waals surface area contributed by atoms with Gasteiger partial charge in [0.25, 0.3) is 0 Å². The third-order valence-corrected chi connectivity index (χ3v) is 2.91. The van der Waals surface area contributed by atoms with Crippen LogP contribution in [0.1, 0.15) is 44.7 Å². The van der Waals surface area contributed by atoms with Gasteiger partial charge in [-0.05, 0) is 50.4 Å². The first kappa shape index (κ1) is 15.8. The highest BCUT2D eigenvalue weighted by Gasteiger charge is 2.16. The van der Waals surface area contributed by atoms with Crippen LogP contribution in [0.4, 0.5) is 13.2 Å². The van der Waals surface area contributed by atoms with Crippen LogP contribution in [0.3, 0.4) is 0 Å². The molecule has 0 aliphatic rings. The molecule has 0 aromatic heterocycles. The molecular formula is C15H20F3N. The van der Waals surface area contributed by atoms with Gasteiger partial charge in [-0.25, -0.2) is 13.2 Å². The number of rotatable bonds is 7. The Morgan fingerprint density at radius 1 is 1.26 bits per heavy atom. The molecule has 0 saturated carbocycles. The van der Waals surface area contributed by atoms with Gasteiger partial charge in [-0.2, -0.15) is 0 Å². The fourth-order valence-electron chi connectivity index (χ4n) is 1.87. The number of nitrogens with one attached hydrogen (secondary N) is 1. The van der Waals surface area contributed by atoms with Gasteiger partial charge in [-0.3, -0.25) is 0 Å². The predicted molar refractivity (Wildman–Crippen MR) is 71.4 cm³/mol. The average molecular weight is 271 g/mol. The fraction of sp³-hybridized carbons (Fsp3) is 0.467. The molecule has 19 heavy (non-hydrogen) atoms. The second-order valence-electron chi connectivity index (χ2n) is 4.80. The maximum atomic E-state index is 13.3. The summed E-state index contributed by atoms with van der Waals surface area (Å²) in [4.78, 5) is 0. The lowest BCUT2D eigenvalue weighted by Crippen LogP contribution is -2.22. The Bertz CT molecular complexity index is 420. The topological polar surface area (TPSA) is 12.0 Å². The lowest BCUT2D eigenvalue weighted by Gasteiger charge is -2.19. The van der Waals surface area contributed by atoms with Crippen molar-refractivity contribution in [2.45, 2.75) is 39.2 Å². The van der Waals surface area contributed by atoms with Crippen LogP contribution in [0.2, 0.25) is 0 Å². The van der Waals surface area contributed by atoms with Gasteiger partial charge >= 0.3 is 0 Å². The van der Waals surface area contributed by atoms with Crippen molar-refractivity contribution in [2.75, 3.05) is 6.54 Å². The summed E-state index contributed by atoms with van der Waals surface area (Å²) in [6.07, 6.45) is 2.34. The van der Waals surface area contributed by atoms with Gasteiger partial charge in [0, 0.05) is 6.04 Å². The molecule has 0 aliphatic carbocycles. The molecule has 1 aromatic rings. The molecule has 1 aromatic carbocycles. The Kier molecular flexibility index (Phi) is 6.09. The summed E-state index contributed by atoms with van der Waals surface area (Å²) < 4.78 is 39.5. The molecule has 0 radical (unpaired) electrons. The van der Waals surface area contributed by atoms with E-state index in [1.54, 1.807) is 0 Å². The third-order valence-electron chi connectivity index (χ3n) is 2.91. The molecule has 0 bridgehead atoms. The van der Waals surface area contributed by atoms with E-state index in [0.717, 1.165) is 37.1 Å². The molecule has 0 spiro atoms. The minimum Gasteiger partial charge on any atom is -0.310 e. The van der Waals surface area contributed by atoms with E-state index < -0.39 is 17.5 Å². The average Bonchev–Trinajstić information content (AvgIpc) is 2.35. The van der Waals surface area contributed by atoms with Gasteiger partial charge in [0.2, 0.25) is 0 Å². The summed E-state index contributed by atoms with van der Waals surface area (Å²) >= 11 is 0. The van der Waals surface area contributed by atoms with Crippen LogP contribution in [0.25, 0.3) is 0 Å². The van der Waals surface area contributed by atoms with Crippen molar-refractivity contribution < 1.29 is 13.2 Å². The Morgan fingerprint density at radius 3 is 2.32 bits per heavy atom. The molecule has 0 amide bonds. The van der Waals surface area contributed by atoms with Crippen LogP contribution in [-0.2, 0) is 0 Å². The number of halogens is 3. The van der Waals surface area contributed by atoms with Crippen LogP contribution in [0.5, 0.6) is 0 Å². The van der Waals surface area contributed by atoms with Crippen molar-refractivity contribution in [3.63, 3.8) is 0 Å². The molecule has 0 heterocycles. The summed E-state index contributed by atoms with van der Waals surface area (Å²) in [7, 11) is 0. The van der Waals surface area contributed by atoms with Crippen molar-refractivity contribution in [2.24, 2.45) is 0 Å². The summed E-state index contributed by atoms with van der Waals surface area (Å²) in [5.41, 5.74) is 1.44. The van der Waals surface area contributed by atoms with Crippen LogP contribution in [0.15, 0.2) is 24.3 Å². The van der Waals surface area contributed by atoms with Crippen LogP contribution in [-0.4, -0.2) is 6.54 Å². The van der Waals surface area contributed by atoms with Crippen LogP contribution in [0, 0.1) is 17.5 Å². The molecule has 1 N–H and O–H groups in total. The largest absolute Gasteiger partial charge is 0.310 e. The van der Waals surface area contributed by atoms with Gasteiger partial charge in [0.15, 0.2) is 17.5 Å². The summed E-state index contributed by atoms with van der Waals surface area (Å²) in [6.45, 7) is 8.47. The number of benzene rings is 1. The summed E-state index contributed by atoms with van der Waals surface area (Å²) in [5, 5.41) is 3.22. The van der Waals surface area contributed by atoms with Crippen molar-refractivity contribution in [1.29, 1.82) is 0 Å². The molecule has 1 atom stereocenters. The molecule has 1 nitrogen and oxygen atoms in total. The standard InChI is InChI=1S/C15H20F3N/c1-4-7-19-14(6-5-10(2)3)11-8-12(16)15(18)13(17)9-11/h8-9,14,19H,2,4-7H2,1,3H3. The zero-order valence-corrected chi connectivity index (χ0v) is 11.4. The molecule has 0 aliphatic heterocycles. The number of hydrogen-bond acceptors (Lipinski definition) is 1. The lowest BCUT2D eigenvalue weighted by molar-refractivity contribution is 0.435. The first-order valence-electron chi connectivity index (χ1n) is 6.48. The van der Waals surface area contributed by atoms with E-state index in [1.807, 2.05) is 13.8 Å². The second kappa shape index (κ2) is 7.34. The van der Waals surface area contributed by atoms with Gasteiger partial charge in [0.1, 0.15) is 0 Å². The van der Waals surface area contributed by atoms with Gasteiger partial charge in [-0.15, -0.1) is 6.58 Å². The van der Waals surface area contributed by atoms with Crippen molar-refractivity contribution >= 4 is 0 Å². The quantitative estimate of drug-likeness (QED) is 0.568. The minimum absolute atomic E-state index is 0.193. The Labute approximate surface area is 112 Å². The van der Waals surface area contributed by atoms with E-state index in [9.17, 15) is 13.2 Å². The second-order valence-corrected chi connectivity index (χ2v) is 4.80. The van der Waals surface area contributed by atoms with Crippen molar-refractivity contribution in [3.8, 4) is 0 Å². The van der Waals surface area contributed by atoms with E-state index in [0.29, 0.717) is 12.0 Å². The molecule has 1 unspecified atom stereocenters. The minimum atomic E-state index is -1.42.